The first-order chi connectivity index (χ1) is 14.3. The number of aromatic nitrogens is 3. The number of H-pyrrole nitrogens is 1. The summed E-state index contributed by atoms with van der Waals surface area (Å²) in [5, 5.41) is 12.5. The van der Waals surface area contributed by atoms with Crippen molar-refractivity contribution in [2.24, 2.45) is 0 Å². The number of anilines is 1. The Balaban J connectivity index is 1.32. The third kappa shape index (κ3) is 4.10. The molecule has 2 aliphatic rings. The molecule has 0 spiro atoms. The van der Waals surface area contributed by atoms with E-state index in [9.17, 15) is 0 Å². The van der Waals surface area contributed by atoms with Gasteiger partial charge in [-0.3, -0.25) is 0 Å². The van der Waals surface area contributed by atoms with E-state index in [0.29, 0.717) is 29.1 Å². The molecule has 1 aliphatic carbocycles. The van der Waals surface area contributed by atoms with Gasteiger partial charge in [-0.2, -0.15) is 0 Å². The Morgan fingerprint density at radius 3 is 2.86 bits per heavy atom. The number of rotatable bonds is 5. The van der Waals surface area contributed by atoms with Gasteiger partial charge in [-0.15, -0.1) is 0 Å². The molecule has 2 fully saturated rings. The molecule has 1 aromatic carbocycles. The molecule has 0 radical (unpaired) electrons. The SMILES string of the molecule is Clc1cnc(N[C@@H]2CCC[C@H](NC3CCNC3)C2)nc1-c1c[nH]c2ccccc12. The second-order valence-electron chi connectivity index (χ2n) is 8.20. The van der Waals surface area contributed by atoms with Crippen molar-refractivity contribution in [1.82, 2.24) is 25.6 Å². The lowest BCUT2D eigenvalue weighted by Gasteiger charge is -2.32. The van der Waals surface area contributed by atoms with E-state index in [1.807, 2.05) is 18.3 Å². The molecule has 29 heavy (non-hydrogen) atoms. The molecule has 1 aliphatic heterocycles. The number of para-hydroxylation sites is 1. The monoisotopic (exact) mass is 410 g/mol. The number of benzene rings is 1. The molecule has 7 heteroatoms. The van der Waals surface area contributed by atoms with Gasteiger partial charge in [0.25, 0.3) is 0 Å². The van der Waals surface area contributed by atoms with Crippen LogP contribution in [0.3, 0.4) is 0 Å². The molecule has 3 atom stereocenters. The highest BCUT2D eigenvalue weighted by Crippen LogP contribution is 2.32. The van der Waals surface area contributed by atoms with Crippen LogP contribution in [0, 0.1) is 0 Å². The maximum absolute atomic E-state index is 6.47. The molecule has 3 heterocycles. The molecule has 5 rings (SSSR count). The average Bonchev–Trinajstić information content (AvgIpc) is 3.40. The van der Waals surface area contributed by atoms with Crippen molar-refractivity contribution in [3.05, 3.63) is 41.7 Å². The smallest absolute Gasteiger partial charge is 0.223 e. The summed E-state index contributed by atoms with van der Waals surface area (Å²) in [5.41, 5.74) is 2.85. The zero-order valence-corrected chi connectivity index (χ0v) is 17.2. The second kappa shape index (κ2) is 8.30. The van der Waals surface area contributed by atoms with Gasteiger partial charge in [-0.25, -0.2) is 9.97 Å². The van der Waals surface area contributed by atoms with Crippen molar-refractivity contribution in [1.29, 1.82) is 0 Å². The van der Waals surface area contributed by atoms with E-state index in [1.165, 1.54) is 19.3 Å². The van der Waals surface area contributed by atoms with Crippen molar-refractivity contribution < 1.29 is 0 Å². The molecule has 1 unspecified atom stereocenters. The van der Waals surface area contributed by atoms with Crippen LogP contribution >= 0.6 is 11.6 Å². The third-order valence-corrected chi connectivity index (χ3v) is 6.40. The Morgan fingerprint density at radius 1 is 1.07 bits per heavy atom. The molecule has 152 valence electrons. The maximum Gasteiger partial charge on any atom is 0.223 e. The zero-order chi connectivity index (χ0) is 19.6. The van der Waals surface area contributed by atoms with Crippen LogP contribution in [0.4, 0.5) is 5.95 Å². The van der Waals surface area contributed by atoms with Crippen molar-refractivity contribution in [2.75, 3.05) is 18.4 Å². The fourth-order valence-electron chi connectivity index (χ4n) is 4.68. The van der Waals surface area contributed by atoms with Crippen LogP contribution in [0.1, 0.15) is 32.1 Å². The lowest BCUT2D eigenvalue weighted by Crippen LogP contribution is -2.44. The number of nitrogens with zero attached hydrogens (tertiary/aromatic N) is 2. The molecule has 2 aromatic heterocycles. The maximum atomic E-state index is 6.47. The molecule has 1 saturated heterocycles. The lowest BCUT2D eigenvalue weighted by molar-refractivity contribution is 0.325. The highest BCUT2D eigenvalue weighted by Gasteiger charge is 2.26. The minimum atomic E-state index is 0.382. The van der Waals surface area contributed by atoms with Gasteiger partial charge in [-0.05, 0) is 44.7 Å². The molecular weight excluding hydrogens is 384 g/mol. The van der Waals surface area contributed by atoms with Crippen molar-refractivity contribution in [3.8, 4) is 11.3 Å². The molecule has 0 amide bonds. The predicted molar refractivity (Wildman–Crippen MR) is 118 cm³/mol. The normalized spacial score (nSPS) is 24.8. The van der Waals surface area contributed by atoms with Gasteiger partial charge in [0, 0.05) is 47.3 Å². The van der Waals surface area contributed by atoms with Gasteiger partial charge in [0.2, 0.25) is 5.95 Å². The van der Waals surface area contributed by atoms with Gasteiger partial charge in [-0.1, -0.05) is 29.8 Å². The first-order valence-electron chi connectivity index (χ1n) is 10.6. The lowest BCUT2D eigenvalue weighted by atomic mass is 9.90. The Morgan fingerprint density at radius 2 is 1.97 bits per heavy atom. The standard InChI is InChI=1S/C22H27ClN6/c23-19-13-26-22(29-21(19)18-12-25-20-7-2-1-6-17(18)20)28-15-5-3-4-14(10-15)27-16-8-9-24-11-16/h1-2,6-7,12-16,24-25,27H,3-5,8-11H2,(H,26,28,29)/t14-,15+,16?/m0/s1. The Hall–Kier alpha value is -2.15. The number of nitrogens with one attached hydrogen (secondary N) is 4. The summed E-state index contributed by atoms with van der Waals surface area (Å²) in [7, 11) is 0. The first kappa shape index (κ1) is 18.9. The Labute approximate surface area is 175 Å². The Bertz CT molecular complexity index is 980. The number of halogens is 1. The molecular formula is C22H27ClN6. The van der Waals surface area contributed by atoms with E-state index in [2.05, 4.69) is 38.1 Å². The van der Waals surface area contributed by atoms with Gasteiger partial charge in [0.15, 0.2) is 0 Å². The summed E-state index contributed by atoms with van der Waals surface area (Å²) in [4.78, 5) is 12.5. The number of hydrogen-bond acceptors (Lipinski definition) is 5. The number of fused-ring (bicyclic) bond motifs is 1. The summed E-state index contributed by atoms with van der Waals surface area (Å²) in [6.45, 7) is 2.21. The summed E-state index contributed by atoms with van der Waals surface area (Å²) in [5.74, 6) is 0.655. The molecule has 3 aromatic rings. The van der Waals surface area contributed by atoms with E-state index >= 15 is 0 Å². The van der Waals surface area contributed by atoms with Crippen LogP contribution in [-0.2, 0) is 0 Å². The van der Waals surface area contributed by atoms with Crippen LogP contribution in [0.2, 0.25) is 5.02 Å². The van der Waals surface area contributed by atoms with Crippen LogP contribution in [0.15, 0.2) is 36.7 Å². The first-order valence-corrected chi connectivity index (χ1v) is 11.0. The molecule has 0 bridgehead atoms. The number of aromatic amines is 1. The minimum absolute atomic E-state index is 0.382. The molecule has 6 nitrogen and oxygen atoms in total. The largest absolute Gasteiger partial charge is 0.360 e. The van der Waals surface area contributed by atoms with Gasteiger partial charge in [0.05, 0.1) is 16.9 Å². The zero-order valence-electron chi connectivity index (χ0n) is 16.4. The fraction of sp³-hybridized carbons (Fsp3) is 0.455. The summed E-state index contributed by atoms with van der Waals surface area (Å²) in [6, 6.07) is 9.75. The van der Waals surface area contributed by atoms with Gasteiger partial charge in [0.1, 0.15) is 0 Å². The predicted octanol–water partition coefficient (Wildman–Crippen LogP) is 3.95. The van der Waals surface area contributed by atoms with E-state index in [0.717, 1.165) is 48.1 Å². The fourth-order valence-corrected chi connectivity index (χ4v) is 4.87. The minimum Gasteiger partial charge on any atom is -0.360 e. The average molecular weight is 411 g/mol. The molecule has 4 N–H and O–H groups in total. The van der Waals surface area contributed by atoms with Crippen molar-refractivity contribution in [3.63, 3.8) is 0 Å². The summed E-state index contributed by atoms with van der Waals surface area (Å²) in [6.07, 6.45) is 9.62. The quantitative estimate of drug-likeness (QED) is 0.512. The van der Waals surface area contributed by atoms with Crippen LogP contribution in [0.25, 0.3) is 22.2 Å². The highest BCUT2D eigenvalue weighted by molar-refractivity contribution is 6.33. The van der Waals surface area contributed by atoms with E-state index < -0.39 is 0 Å². The van der Waals surface area contributed by atoms with Crippen LogP contribution in [-0.4, -0.2) is 46.2 Å². The highest BCUT2D eigenvalue weighted by atomic mass is 35.5. The number of hydrogen-bond donors (Lipinski definition) is 4. The topological polar surface area (TPSA) is 77.7 Å². The van der Waals surface area contributed by atoms with E-state index in [1.54, 1.807) is 6.20 Å². The Kier molecular flexibility index (Phi) is 5.40. The van der Waals surface area contributed by atoms with Gasteiger partial charge >= 0.3 is 0 Å². The summed E-state index contributed by atoms with van der Waals surface area (Å²) < 4.78 is 0. The van der Waals surface area contributed by atoms with Crippen LogP contribution in [0.5, 0.6) is 0 Å². The van der Waals surface area contributed by atoms with E-state index in [4.69, 9.17) is 16.6 Å². The second-order valence-corrected chi connectivity index (χ2v) is 8.61. The summed E-state index contributed by atoms with van der Waals surface area (Å²) >= 11 is 6.47. The third-order valence-electron chi connectivity index (χ3n) is 6.13. The van der Waals surface area contributed by atoms with Crippen molar-refractivity contribution >= 4 is 28.5 Å². The molecule has 1 saturated carbocycles. The van der Waals surface area contributed by atoms with E-state index in [-0.39, 0.29) is 0 Å². The van der Waals surface area contributed by atoms with Gasteiger partial charge < -0.3 is 20.9 Å². The van der Waals surface area contributed by atoms with Crippen molar-refractivity contribution in [2.45, 2.75) is 50.2 Å². The van der Waals surface area contributed by atoms with Crippen LogP contribution < -0.4 is 16.0 Å².